The molecule has 2 aromatic rings. The van der Waals surface area contributed by atoms with Gasteiger partial charge in [-0.15, -0.1) is 0 Å². The summed E-state index contributed by atoms with van der Waals surface area (Å²) in [5.41, 5.74) is 8.26. The van der Waals surface area contributed by atoms with E-state index < -0.39 is 0 Å². The second-order valence-electron chi connectivity index (χ2n) is 4.03. The maximum Gasteiger partial charge on any atom is 0.120 e. The van der Waals surface area contributed by atoms with Crippen molar-refractivity contribution in [3.8, 4) is 5.75 Å². The predicted octanol–water partition coefficient (Wildman–Crippen LogP) is 4.76. The lowest BCUT2D eigenvalue weighted by Gasteiger charge is -2.17. The van der Waals surface area contributed by atoms with Gasteiger partial charge in [-0.1, -0.05) is 33.6 Å². The zero-order valence-electron chi connectivity index (χ0n) is 10.2. The van der Waals surface area contributed by atoms with Gasteiger partial charge in [-0.25, -0.2) is 0 Å². The highest BCUT2D eigenvalue weighted by Gasteiger charge is 2.16. The van der Waals surface area contributed by atoms with E-state index in [0.29, 0.717) is 5.02 Å². The van der Waals surface area contributed by atoms with Crippen molar-refractivity contribution in [3.05, 3.63) is 60.6 Å². The van der Waals surface area contributed by atoms with Crippen LogP contribution in [0.15, 0.2) is 40.9 Å². The van der Waals surface area contributed by atoms with E-state index in [1.807, 2.05) is 30.3 Å². The quantitative estimate of drug-likeness (QED) is 0.682. The fraction of sp³-hybridized carbons (Fsp3) is 0.143. The van der Waals surface area contributed by atoms with E-state index in [2.05, 4.69) is 38.5 Å². The minimum absolute atomic E-state index is 0.261. The molecule has 0 amide bonds. The Kier molecular flexibility index (Phi) is 5.11. The molecule has 19 heavy (non-hydrogen) atoms. The average Bonchev–Trinajstić information content (AvgIpc) is 2.40. The molecule has 0 aromatic heterocycles. The lowest BCUT2D eigenvalue weighted by molar-refractivity contribution is 0.414. The molecule has 0 aliphatic heterocycles. The van der Waals surface area contributed by atoms with Crippen LogP contribution >= 0.6 is 50.1 Å². The van der Waals surface area contributed by atoms with Crippen molar-refractivity contribution in [2.24, 2.45) is 5.73 Å². The number of ether oxygens (including phenoxy) is 1. The summed E-state index contributed by atoms with van der Waals surface area (Å²) in [5.74, 6) is 0.727. The fourth-order valence-electron chi connectivity index (χ4n) is 1.81. The van der Waals surface area contributed by atoms with E-state index in [1.54, 1.807) is 13.2 Å². The third kappa shape index (κ3) is 3.42. The second kappa shape index (κ2) is 6.43. The molecule has 2 rings (SSSR count). The average molecular weight is 453 g/mol. The second-order valence-corrected chi connectivity index (χ2v) is 6.52. The van der Waals surface area contributed by atoms with Crippen LogP contribution in [-0.4, -0.2) is 7.11 Å². The Bertz CT molecular complexity index is 606. The number of benzene rings is 2. The third-order valence-corrected chi connectivity index (χ3v) is 4.64. The van der Waals surface area contributed by atoms with Crippen molar-refractivity contribution in [1.29, 1.82) is 0 Å². The molecule has 1 atom stereocenters. The lowest BCUT2D eigenvalue weighted by Crippen LogP contribution is -2.14. The van der Waals surface area contributed by atoms with E-state index in [4.69, 9.17) is 22.1 Å². The van der Waals surface area contributed by atoms with Crippen molar-refractivity contribution in [3.63, 3.8) is 0 Å². The number of hydrogen-bond donors (Lipinski definition) is 1. The van der Waals surface area contributed by atoms with Crippen molar-refractivity contribution in [2.45, 2.75) is 6.04 Å². The molecule has 2 N–H and O–H groups in total. The highest BCUT2D eigenvalue weighted by molar-refractivity contribution is 14.1. The monoisotopic (exact) mass is 451 g/mol. The zero-order valence-corrected chi connectivity index (χ0v) is 14.7. The Morgan fingerprint density at radius 3 is 2.58 bits per heavy atom. The molecular formula is C14H12BrClINO. The molecule has 100 valence electrons. The number of nitrogens with two attached hydrogens (primary N) is 1. The van der Waals surface area contributed by atoms with E-state index in [-0.39, 0.29) is 6.04 Å². The third-order valence-electron chi connectivity index (χ3n) is 2.84. The summed E-state index contributed by atoms with van der Waals surface area (Å²) in [6.07, 6.45) is 0. The molecule has 0 heterocycles. The number of halogens is 3. The van der Waals surface area contributed by atoms with Crippen molar-refractivity contribution >= 4 is 50.1 Å². The van der Waals surface area contributed by atoms with Crippen molar-refractivity contribution in [1.82, 2.24) is 0 Å². The maximum absolute atomic E-state index is 6.33. The van der Waals surface area contributed by atoms with Crippen molar-refractivity contribution < 1.29 is 4.74 Å². The summed E-state index contributed by atoms with van der Waals surface area (Å²) in [5, 5.41) is 0.614. The maximum atomic E-state index is 6.33. The molecule has 0 aliphatic carbocycles. The van der Waals surface area contributed by atoms with Crippen LogP contribution in [0.1, 0.15) is 17.2 Å². The topological polar surface area (TPSA) is 35.2 Å². The molecule has 5 heteroatoms. The van der Waals surface area contributed by atoms with Gasteiger partial charge in [0.15, 0.2) is 0 Å². The van der Waals surface area contributed by atoms with Crippen LogP contribution in [0, 0.1) is 3.57 Å². The molecular weight excluding hydrogens is 440 g/mol. The predicted molar refractivity (Wildman–Crippen MR) is 90.9 cm³/mol. The first-order chi connectivity index (χ1) is 9.02. The molecule has 0 spiro atoms. The highest BCUT2D eigenvalue weighted by atomic mass is 127. The molecule has 0 fully saturated rings. The van der Waals surface area contributed by atoms with Crippen molar-refractivity contribution in [2.75, 3.05) is 7.11 Å². The first-order valence-corrected chi connectivity index (χ1v) is 7.82. The smallest absolute Gasteiger partial charge is 0.120 e. The van der Waals surface area contributed by atoms with Gasteiger partial charge >= 0.3 is 0 Å². The van der Waals surface area contributed by atoms with Crippen LogP contribution < -0.4 is 10.5 Å². The molecule has 2 aromatic carbocycles. The number of rotatable bonds is 3. The molecule has 0 aliphatic rings. The van der Waals surface area contributed by atoms with Crippen LogP contribution in [-0.2, 0) is 0 Å². The van der Waals surface area contributed by atoms with Gasteiger partial charge in [-0.05, 0) is 64.0 Å². The Morgan fingerprint density at radius 2 is 1.95 bits per heavy atom. The summed E-state index contributed by atoms with van der Waals surface area (Å²) in [6.45, 7) is 0. The Labute approximate surface area is 139 Å². The van der Waals surface area contributed by atoms with E-state index >= 15 is 0 Å². The highest BCUT2D eigenvalue weighted by Crippen LogP contribution is 2.32. The zero-order chi connectivity index (χ0) is 14.0. The lowest BCUT2D eigenvalue weighted by atomic mass is 9.99. The molecule has 0 saturated heterocycles. The molecule has 1 unspecified atom stereocenters. The largest absolute Gasteiger partial charge is 0.497 e. The summed E-state index contributed by atoms with van der Waals surface area (Å²) < 4.78 is 7.26. The van der Waals surface area contributed by atoms with Crippen LogP contribution in [0.5, 0.6) is 5.75 Å². The Balaban J connectivity index is 2.43. The van der Waals surface area contributed by atoms with Gasteiger partial charge in [-0.3, -0.25) is 0 Å². The van der Waals surface area contributed by atoms with Crippen LogP contribution in [0.3, 0.4) is 0 Å². The van der Waals surface area contributed by atoms with E-state index in [9.17, 15) is 0 Å². The van der Waals surface area contributed by atoms with Gasteiger partial charge in [0.25, 0.3) is 0 Å². The fourth-order valence-corrected chi connectivity index (χ4v) is 3.15. The van der Waals surface area contributed by atoms with Crippen LogP contribution in [0.2, 0.25) is 5.02 Å². The first-order valence-electron chi connectivity index (χ1n) is 5.57. The summed E-state index contributed by atoms with van der Waals surface area (Å²) >= 11 is 12.0. The summed E-state index contributed by atoms with van der Waals surface area (Å²) in [4.78, 5) is 0. The van der Waals surface area contributed by atoms with Gasteiger partial charge in [0, 0.05) is 13.1 Å². The van der Waals surface area contributed by atoms with E-state index in [1.165, 1.54) is 0 Å². The van der Waals surface area contributed by atoms with Crippen LogP contribution in [0.4, 0.5) is 0 Å². The summed E-state index contributed by atoms with van der Waals surface area (Å²) in [7, 11) is 1.61. The Morgan fingerprint density at radius 1 is 1.21 bits per heavy atom. The SMILES string of the molecule is COc1ccc(C(N)c2cc(Br)ccc2I)c(Cl)c1. The van der Waals surface area contributed by atoms with Gasteiger partial charge in [0.1, 0.15) is 5.75 Å². The summed E-state index contributed by atoms with van der Waals surface area (Å²) in [6, 6.07) is 11.3. The molecule has 0 bridgehead atoms. The Hall–Kier alpha value is -0.300. The standard InChI is InChI=1S/C14H12BrClINO/c1-19-9-3-4-10(12(16)7-9)14(18)11-6-8(15)2-5-13(11)17/h2-7,14H,18H2,1H3. The van der Waals surface area contributed by atoms with Gasteiger partial charge < -0.3 is 10.5 Å². The van der Waals surface area contributed by atoms with Gasteiger partial charge in [-0.2, -0.15) is 0 Å². The normalized spacial score (nSPS) is 12.3. The minimum Gasteiger partial charge on any atom is -0.497 e. The van der Waals surface area contributed by atoms with Gasteiger partial charge in [0.2, 0.25) is 0 Å². The van der Waals surface area contributed by atoms with Gasteiger partial charge in [0.05, 0.1) is 13.2 Å². The number of hydrogen-bond acceptors (Lipinski definition) is 2. The first kappa shape index (κ1) is 15.1. The van der Waals surface area contributed by atoms with E-state index in [0.717, 1.165) is 24.9 Å². The molecule has 0 saturated carbocycles. The molecule has 0 radical (unpaired) electrons. The molecule has 2 nitrogen and oxygen atoms in total. The number of methoxy groups -OCH3 is 1. The minimum atomic E-state index is -0.261. The van der Waals surface area contributed by atoms with Crippen LogP contribution in [0.25, 0.3) is 0 Å².